The molecule has 0 aliphatic heterocycles. The van der Waals surface area contributed by atoms with E-state index in [1.165, 1.54) is 18.4 Å². The third kappa shape index (κ3) is 2.87. The van der Waals surface area contributed by atoms with E-state index < -0.39 is 9.84 Å². The van der Waals surface area contributed by atoms with Crippen LogP contribution in [0.1, 0.15) is 5.69 Å². The minimum Gasteiger partial charge on any atom is -0.314 e. The first-order valence-electron chi connectivity index (χ1n) is 8.95. The maximum atomic E-state index is 13.8. The Morgan fingerprint density at radius 1 is 1.21 bits per heavy atom. The molecular formula is C19H17FN6O2S. The SMILES string of the molecule is Cc1nc2c(cc1-n1c3ccc(F)cc3c3[nH]ncc31)ncn2CCS(C)(=O)=O. The van der Waals surface area contributed by atoms with E-state index in [-0.39, 0.29) is 11.6 Å². The number of aromatic nitrogens is 6. The molecule has 0 amide bonds. The van der Waals surface area contributed by atoms with Crippen molar-refractivity contribution in [3.8, 4) is 5.69 Å². The molecule has 148 valence electrons. The number of aromatic amines is 1. The second-order valence-electron chi connectivity index (χ2n) is 7.13. The quantitative estimate of drug-likeness (QED) is 0.489. The van der Waals surface area contributed by atoms with E-state index in [1.54, 1.807) is 23.2 Å². The number of H-pyrrole nitrogens is 1. The van der Waals surface area contributed by atoms with Crippen molar-refractivity contribution in [2.45, 2.75) is 13.5 Å². The first kappa shape index (κ1) is 17.8. The predicted octanol–water partition coefficient (Wildman–Crippen LogP) is 2.74. The third-order valence-corrected chi connectivity index (χ3v) is 5.95. The van der Waals surface area contributed by atoms with Gasteiger partial charge >= 0.3 is 0 Å². The van der Waals surface area contributed by atoms with Crippen LogP contribution in [0.25, 0.3) is 38.8 Å². The summed E-state index contributed by atoms with van der Waals surface area (Å²) in [5, 5.41) is 7.77. The lowest BCUT2D eigenvalue weighted by Gasteiger charge is -2.10. The van der Waals surface area contributed by atoms with Gasteiger partial charge in [-0.15, -0.1) is 0 Å². The molecule has 1 aromatic carbocycles. The highest BCUT2D eigenvalue weighted by Crippen LogP contribution is 2.32. The molecule has 10 heteroatoms. The molecule has 0 radical (unpaired) electrons. The molecule has 0 unspecified atom stereocenters. The third-order valence-electron chi connectivity index (χ3n) is 5.03. The highest BCUT2D eigenvalue weighted by Gasteiger charge is 2.18. The van der Waals surface area contributed by atoms with Gasteiger partial charge in [0.1, 0.15) is 21.2 Å². The fraction of sp³-hybridized carbons (Fsp3) is 0.211. The number of nitrogens with zero attached hydrogens (tertiary/aromatic N) is 5. The second-order valence-corrected chi connectivity index (χ2v) is 9.39. The molecule has 8 nitrogen and oxygen atoms in total. The average Bonchev–Trinajstić information content (AvgIpc) is 3.33. The number of benzene rings is 1. The molecule has 4 heterocycles. The molecule has 0 fully saturated rings. The highest BCUT2D eigenvalue weighted by atomic mass is 32.2. The number of fused-ring (bicyclic) bond motifs is 4. The Morgan fingerprint density at radius 2 is 2.03 bits per heavy atom. The summed E-state index contributed by atoms with van der Waals surface area (Å²) in [6.45, 7) is 2.17. The summed E-state index contributed by atoms with van der Waals surface area (Å²) in [4.78, 5) is 9.09. The van der Waals surface area contributed by atoms with E-state index in [9.17, 15) is 12.8 Å². The smallest absolute Gasteiger partial charge is 0.160 e. The van der Waals surface area contributed by atoms with Gasteiger partial charge in [-0.1, -0.05) is 0 Å². The highest BCUT2D eigenvalue weighted by molar-refractivity contribution is 7.90. The zero-order chi connectivity index (χ0) is 20.3. The fourth-order valence-electron chi connectivity index (χ4n) is 3.66. The van der Waals surface area contributed by atoms with Crippen molar-refractivity contribution < 1.29 is 12.8 Å². The molecule has 4 aromatic heterocycles. The van der Waals surface area contributed by atoms with Gasteiger partial charge in [0.2, 0.25) is 0 Å². The summed E-state index contributed by atoms with van der Waals surface area (Å²) in [5.41, 5.74) is 5.21. The number of aryl methyl sites for hydroxylation is 2. The van der Waals surface area contributed by atoms with Crippen molar-refractivity contribution in [1.29, 1.82) is 0 Å². The number of imidazole rings is 1. The van der Waals surface area contributed by atoms with Gasteiger partial charge in [0.25, 0.3) is 0 Å². The zero-order valence-corrected chi connectivity index (χ0v) is 16.5. The molecule has 0 spiro atoms. The molecular weight excluding hydrogens is 395 g/mol. The molecule has 29 heavy (non-hydrogen) atoms. The standard InChI is InChI=1S/C19H17FN6O2S/c1-11-16(8-14-19(23-11)25(10-21-14)5-6-29(2,27)28)26-15-4-3-12(20)7-13(15)18-17(26)9-22-24-18/h3-4,7-10H,5-6H2,1-2H3,(H,22,24). The van der Waals surface area contributed by atoms with Gasteiger partial charge in [0, 0.05) is 18.2 Å². The molecule has 5 rings (SSSR count). The number of nitrogens with one attached hydrogen (secondary N) is 1. The lowest BCUT2D eigenvalue weighted by molar-refractivity contribution is 0.595. The number of hydrogen-bond donors (Lipinski definition) is 1. The number of sulfone groups is 1. The largest absolute Gasteiger partial charge is 0.314 e. The van der Waals surface area contributed by atoms with Crippen LogP contribution in [0.2, 0.25) is 0 Å². The number of hydrogen-bond acceptors (Lipinski definition) is 5. The first-order chi connectivity index (χ1) is 13.8. The first-order valence-corrected chi connectivity index (χ1v) is 11.0. The fourth-order valence-corrected chi connectivity index (χ4v) is 4.19. The van der Waals surface area contributed by atoms with E-state index in [2.05, 4.69) is 20.2 Å². The van der Waals surface area contributed by atoms with Gasteiger partial charge in [0.15, 0.2) is 5.65 Å². The maximum Gasteiger partial charge on any atom is 0.160 e. The summed E-state index contributed by atoms with van der Waals surface area (Å²) in [7, 11) is -3.09. The summed E-state index contributed by atoms with van der Waals surface area (Å²) < 4.78 is 40.5. The summed E-state index contributed by atoms with van der Waals surface area (Å²) in [6.07, 6.45) is 4.50. The van der Waals surface area contributed by atoms with Gasteiger partial charge < -0.3 is 9.13 Å². The Labute approximate surface area is 164 Å². The maximum absolute atomic E-state index is 13.8. The summed E-state index contributed by atoms with van der Waals surface area (Å²) in [6, 6.07) is 6.54. The van der Waals surface area contributed by atoms with Crippen LogP contribution in [0, 0.1) is 12.7 Å². The van der Waals surface area contributed by atoms with Gasteiger partial charge in [-0.3, -0.25) is 5.10 Å². The summed E-state index contributed by atoms with van der Waals surface area (Å²) in [5.74, 6) is -0.300. The molecule has 1 N–H and O–H groups in total. The van der Waals surface area contributed by atoms with Crippen LogP contribution in [0.4, 0.5) is 4.39 Å². The average molecular weight is 412 g/mol. The number of halogens is 1. The molecule has 0 aliphatic rings. The van der Waals surface area contributed by atoms with Crippen molar-refractivity contribution in [3.63, 3.8) is 0 Å². The van der Waals surface area contributed by atoms with Crippen LogP contribution < -0.4 is 0 Å². The van der Waals surface area contributed by atoms with E-state index in [0.29, 0.717) is 17.7 Å². The minimum atomic E-state index is -3.09. The van der Waals surface area contributed by atoms with Crippen LogP contribution in [0.3, 0.4) is 0 Å². The van der Waals surface area contributed by atoms with Crippen molar-refractivity contribution >= 4 is 42.9 Å². The number of pyridine rings is 1. The molecule has 5 aromatic rings. The van der Waals surface area contributed by atoms with Gasteiger partial charge in [-0.05, 0) is 31.2 Å². The molecule has 0 saturated carbocycles. The monoisotopic (exact) mass is 412 g/mol. The Balaban J connectivity index is 1.71. The molecule has 0 saturated heterocycles. The Bertz CT molecular complexity index is 1510. The molecule has 0 atom stereocenters. The topological polar surface area (TPSA) is 98.5 Å². The van der Waals surface area contributed by atoms with Crippen LogP contribution >= 0.6 is 0 Å². The Kier molecular flexibility index (Phi) is 3.75. The lowest BCUT2D eigenvalue weighted by atomic mass is 10.2. The Morgan fingerprint density at radius 3 is 2.83 bits per heavy atom. The normalized spacial score (nSPS) is 12.5. The minimum absolute atomic E-state index is 0.0182. The molecule has 0 aliphatic carbocycles. The Hall–Kier alpha value is -3.27. The van der Waals surface area contributed by atoms with Crippen molar-refractivity contribution in [2.75, 3.05) is 12.0 Å². The second kappa shape index (κ2) is 6.11. The van der Waals surface area contributed by atoms with Gasteiger partial charge in [-0.2, -0.15) is 5.10 Å². The van der Waals surface area contributed by atoms with E-state index >= 15 is 0 Å². The van der Waals surface area contributed by atoms with Crippen LogP contribution in [0.5, 0.6) is 0 Å². The number of rotatable bonds is 4. The van der Waals surface area contributed by atoms with Crippen LogP contribution in [0.15, 0.2) is 36.8 Å². The van der Waals surface area contributed by atoms with Crippen LogP contribution in [-0.2, 0) is 16.4 Å². The van der Waals surface area contributed by atoms with Crippen LogP contribution in [-0.4, -0.2) is 49.7 Å². The summed E-state index contributed by atoms with van der Waals surface area (Å²) >= 11 is 0. The molecule has 0 bridgehead atoms. The van der Waals surface area contributed by atoms with Gasteiger partial charge in [-0.25, -0.2) is 22.8 Å². The van der Waals surface area contributed by atoms with Crippen molar-refractivity contribution in [3.05, 3.63) is 48.3 Å². The van der Waals surface area contributed by atoms with E-state index in [1.807, 2.05) is 17.6 Å². The zero-order valence-electron chi connectivity index (χ0n) is 15.7. The van der Waals surface area contributed by atoms with Gasteiger partial charge in [0.05, 0.1) is 46.2 Å². The van der Waals surface area contributed by atoms with E-state index in [4.69, 9.17) is 0 Å². The van der Waals surface area contributed by atoms with Crippen molar-refractivity contribution in [1.82, 2.24) is 29.3 Å². The van der Waals surface area contributed by atoms with E-state index in [0.717, 1.165) is 33.3 Å². The lowest BCUT2D eigenvalue weighted by Crippen LogP contribution is -2.11. The van der Waals surface area contributed by atoms with Crippen molar-refractivity contribution in [2.24, 2.45) is 0 Å². The predicted molar refractivity (Wildman–Crippen MR) is 108 cm³/mol.